The van der Waals surface area contributed by atoms with Crippen LogP contribution in [0.5, 0.6) is 0 Å². The number of benzene rings is 1. The van der Waals surface area contributed by atoms with E-state index >= 15 is 0 Å². The standard InChI is InChI=1S/C17H18N2O3/c1-12-8-9-18(19-15(10-12)13(2)16(19)20)17(21)22-11-14-6-4-3-5-7-14/h3-10,13,15H,11H2,1-2H3/t13-,15-/m1/s1. The van der Waals surface area contributed by atoms with Crippen molar-refractivity contribution in [2.75, 3.05) is 0 Å². The zero-order valence-electron chi connectivity index (χ0n) is 12.6. The number of β-lactam (4-membered cyclic amide) rings is 1. The van der Waals surface area contributed by atoms with Crippen LogP contribution in [0.2, 0.25) is 0 Å². The minimum Gasteiger partial charge on any atom is -0.443 e. The van der Waals surface area contributed by atoms with E-state index < -0.39 is 6.09 Å². The lowest BCUT2D eigenvalue weighted by Gasteiger charge is -2.47. The third-order valence-electron chi connectivity index (χ3n) is 3.95. The molecule has 2 atom stereocenters. The number of hydrazine groups is 1. The molecule has 2 heterocycles. The van der Waals surface area contributed by atoms with Crippen LogP contribution >= 0.6 is 0 Å². The Morgan fingerprint density at radius 2 is 2.00 bits per heavy atom. The minimum atomic E-state index is -0.548. The fourth-order valence-corrected chi connectivity index (χ4v) is 2.62. The summed E-state index contributed by atoms with van der Waals surface area (Å²) in [5, 5.41) is 2.72. The van der Waals surface area contributed by atoms with Crippen LogP contribution in [-0.4, -0.2) is 28.1 Å². The summed E-state index contributed by atoms with van der Waals surface area (Å²) in [6.45, 7) is 3.99. The van der Waals surface area contributed by atoms with E-state index in [9.17, 15) is 9.59 Å². The van der Waals surface area contributed by atoms with Gasteiger partial charge in [0.25, 0.3) is 0 Å². The molecule has 0 saturated carbocycles. The van der Waals surface area contributed by atoms with Crippen molar-refractivity contribution < 1.29 is 14.3 Å². The van der Waals surface area contributed by atoms with Gasteiger partial charge in [-0.1, -0.05) is 48.9 Å². The van der Waals surface area contributed by atoms with Gasteiger partial charge in [0.15, 0.2) is 0 Å². The zero-order valence-corrected chi connectivity index (χ0v) is 12.6. The van der Waals surface area contributed by atoms with Gasteiger partial charge in [0.2, 0.25) is 5.91 Å². The lowest BCUT2D eigenvalue weighted by Crippen LogP contribution is -2.65. The van der Waals surface area contributed by atoms with Crippen LogP contribution in [0, 0.1) is 5.92 Å². The number of hydrogen-bond acceptors (Lipinski definition) is 3. The third-order valence-corrected chi connectivity index (χ3v) is 3.95. The van der Waals surface area contributed by atoms with Gasteiger partial charge in [-0.15, -0.1) is 0 Å². The van der Waals surface area contributed by atoms with Crippen LogP contribution in [0.3, 0.4) is 0 Å². The highest BCUT2D eigenvalue weighted by Gasteiger charge is 2.48. The van der Waals surface area contributed by atoms with E-state index in [4.69, 9.17) is 4.74 Å². The highest BCUT2D eigenvalue weighted by molar-refractivity contribution is 5.88. The molecule has 114 valence electrons. The Labute approximate surface area is 129 Å². The maximum Gasteiger partial charge on any atom is 0.433 e. The molecule has 1 aromatic carbocycles. The Balaban J connectivity index is 1.71. The van der Waals surface area contributed by atoms with Crippen molar-refractivity contribution in [3.63, 3.8) is 0 Å². The molecule has 3 rings (SSSR count). The van der Waals surface area contributed by atoms with Crippen molar-refractivity contribution in [1.29, 1.82) is 0 Å². The molecule has 0 spiro atoms. The summed E-state index contributed by atoms with van der Waals surface area (Å²) >= 11 is 0. The molecule has 0 unspecified atom stereocenters. The smallest absolute Gasteiger partial charge is 0.433 e. The number of amides is 2. The number of ether oxygens (including phenoxy) is 1. The predicted molar refractivity (Wildman–Crippen MR) is 81.2 cm³/mol. The van der Waals surface area contributed by atoms with Gasteiger partial charge in [-0.2, -0.15) is 5.01 Å². The van der Waals surface area contributed by atoms with Crippen LogP contribution in [0.15, 0.2) is 54.3 Å². The van der Waals surface area contributed by atoms with Gasteiger partial charge in [-0.3, -0.25) is 4.79 Å². The average Bonchev–Trinajstić information content (AvgIpc) is 2.70. The first-order valence-electron chi connectivity index (χ1n) is 7.27. The summed E-state index contributed by atoms with van der Waals surface area (Å²) in [4.78, 5) is 24.4. The second-order valence-corrected chi connectivity index (χ2v) is 5.57. The molecule has 5 heteroatoms. The van der Waals surface area contributed by atoms with Gasteiger partial charge in [0.1, 0.15) is 6.61 Å². The lowest BCUT2D eigenvalue weighted by atomic mass is 9.90. The van der Waals surface area contributed by atoms with Crippen molar-refractivity contribution in [2.24, 2.45) is 5.92 Å². The largest absolute Gasteiger partial charge is 0.443 e. The van der Waals surface area contributed by atoms with Crippen LogP contribution < -0.4 is 0 Å². The SMILES string of the molecule is CC1=C[C@@H]2[C@@H](C)C(=O)N2N(C(=O)OCc2ccccc2)C=C1. The molecule has 0 aliphatic carbocycles. The molecule has 1 fully saturated rings. The predicted octanol–water partition coefficient (Wildman–Crippen LogP) is 2.86. The Morgan fingerprint density at radius 3 is 2.73 bits per heavy atom. The Bertz CT molecular complexity index is 651. The quantitative estimate of drug-likeness (QED) is 0.789. The first kappa shape index (κ1) is 14.4. The molecule has 0 radical (unpaired) electrons. The molecule has 2 aliphatic rings. The van der Waals surface area contributed by atoms with Gasteiger partial charge < -0.3 is 4.74 Å². The Morgan fingerprint density at radius 1 is 1.27 bits per heavy atom. The molecular formula is C17H18N2O3. The summed E-state index contributed by atoms with van der Waals surface area (Å²) in [6, 6.07) is 9.36. The van der Waals surface area contributed by atoms with Crippen LogP contribution in [-0.2, 0) is 16.1 Å². The maximum atomic E-state index is 12.3. The van der Waals surface area contributed by atoms with Gasteiger partial charge in [-0.25, -0.2) is 9.80 Å². The van der Waals surface area contributed by atoms with Crippen molar-refractivity contribution in [3.8, 4) is 0 Å². The summed E-state index contributed by atoms with van der Waals surface area (Å²) < 4.78 is 5.31. The first-order chi connectivity index (χ1) is 10.6. The number of nitrogens with zero attached hydrogens (tertiary/aromatic N) is 2. The van der Waals surface area contributed by atoms with E-state index in [1.165, 1.54) is 10.0 Å². The summed E-state index contributed by atoms with van der Waals surface area (Å²) in [5.74, 6) is -0.184. The van der Waals surface area contributed by atoms with E-state index in [-0.39, 0.29) is 24.5 Å². The van der Waals surface area contributed by atoms with Crippen molar-refractivity contribution in [1.82, 2.24) is 10.0 Å². The molecule has 22 heavy (non-hydrogen) atoms. The summed E-state index contributed by atoms with van der Waals surface area (Å²) in [7, 11) is 0. The highest BCUT2D eigenvalue weighted by Crippen LogP contribution is 2.32. The number of carbonyl (C=O) groups excluding carboxylic acids is 2. The van der Waals surface area contributed by atoms with Gasteiger partial charge in [-0.05, 0) is 18.6 Å². The fraction of sp³-hybridized carbons (Fsp3) is 0.294. The number of carbonyl (C=O) groups is 2. The van der Waals surface area contributed by atoms with Crippen LogP contribution in [0.25, 0.3) is 0 Å². The zero-order chi connectivity index (χ0) is 15.7. The van der Waals surface area contributed by atoms with Crippen molar-refractivity contribution in [3.05, 3.63) is 59.8 Å². The number of rotatable bonds is 2. The number of hydrogen-bond donors (Lipinski definition) is 0. The van der Waals surface area contributed by atoms with E-state index in [0.717, 1.165) is 11.1 Å². The topological polar surface area (TPSA) is 49.9 Å². The fourth-order valence-electron chi connectivity index (χ4n) is 2.62. The molecule has 0 aromatic heterocycles. The molecule has 0 bridgehead atoms. The third kappa shape index (κ3) is 2.50. The maximum absolute atomic E-state index is 12.3. The molecule has 1 aromatic rings. The van der Waals surface area contributed by atoms with Crippen molar-refractivity contribution in [2.45, 2.75) is 26.5 Å². The first-order valence-corrected chi connectivity index (χ1v) is 7.27. The van der Waals surface area contributed by atoms with Crippen LogP contribution in [0.4, 0.5) is 4.79 Å². The molecule has 2 amide bonds. The normalized spacial score (nSPS) is 23.4. The summed E-state index contributed by atoms with van der Waals surface area (Å²) in [6.07, 6.45) is 4.84. The Kier molecular flexibility index (Phi) is 3.71. The molecule has 5 nitrogen and oxygen atoms in total. The summed E-state index contributed by atoms with van der Waals surface area (Å²) in [5.41, 5.74) is 1.93. The van der Waals surface area contributed by atoms with Gasteiger partial charge >= 0.3 is 6.09 Å². The number of fused-ring (bicyclic) bond motifs is 1. The molecule has 2 aliphatic heterocycles. The van der Waals surface area contributed by atoms with Crippen LogP contribution in [0.1, 0.15) is 19.4 Å². The van der Waals surface area contributed by atoms with E-state index in [0.29, 0.717) is 0 Å². The minimum absolute atomic E-state index is 0.0720. The average molecular weight is 298 g/mol. The molecule has 1 saturated heterocycles. The van der Waals surface area contributed by atoms with Crippen molar-refractivity contribution >= 4 is 12.0 Å². The second kappa shape index (κ2) is 5.67. The van der Waals surface area contributed by atoms with Gasteiger partial charge in [0, 0.05) is 6.20 Å². The number of allylic oxidation sites excluding steroid dienone is 2. The lowest BCUT2D eigenvalue weighted by molar-refractivity contribution is -0.172. The van der Waals surface area contributed by atoms with E-state index in [1.54, 1.807) is 6.20 Å². The molecule has 0 N–H and O–H groups in total. The monoisotopic (exact) mass is 298 g/mol. The second-order valence-electron chi connectivity index (χ2n) is 5.57. The van der Waals surface area contributed by atoms with Gasteiger partial charge in [0.05, 0.1) is 12.0 Å². The highest BCUT2D eigenvalue weighted by atomic mass is 16.6. The van der Waals surface area contributed by atoms with E-state index in [1.807, 2.05) is 56.3 Å². The van der Waals surface area contributed by atoms with E-state index in [2.05, 4.69) is 0 Å². The Hall–Kier alpha value is -2.56. The molecular weight excluding hydrogens is 280 g/mol.